The summed E-state index contributed by atoms with van der Waals surface area (Å²) in [4.78, 5) is 22.8. The van der Waals surface area contributed by atoms with Crippen molar-refractivity contribution in [1.82, 2.24) is 5.32 Å². The average Bonchev–Trinajstić information content (AvgIpc) is 3.18. The summed E-state index contributed by atoms with van der Waals surface area (Å²) in [6, 6.07) is 2.95. The first-order valence-corrected chi connectivity index (χ1v) is 11.4. The molecule has 9 heteroatoms. The number of methoxy groups -OCH3 is 2. The predicted molar refractivity (Wildman–Crippen MR) is 110 cm³/mol. The summed E-state index contributed by atoms with van der Waals surface area (Å²) in [5.41, 5.74) is 0.475. The van der Waals surface area contributed by atoms with Crippen molar-refractivity contribution in [3.8, 4) is 11.5 Å². The molecule has 1 atom stereocenters. The van der Waals surface area contributed by atoms with Crippen LogP contribution < -0.4 is 14.8 Å². The van der Waals surface area contributed by atoms with E-state index in [1.165, 1.54) is 38.9 Å². The van der Waals surface area contributed by atoms with Gasteiger partial charge in [0.05, 0.1) is 25.2 Å². The molecule has 27 heavy (non-hydrogen) atoms. The minimum Gasteiger partial charge on any atom is -0.493 e. The number of amides is 1. The van der Waals surface area contributed by atoms with Crippen LogP contribution in [0.4, 0.5) is 5.69 Å². The molecule has 1 fully saturated rings. The van der Waals surface area contributed by atoms with Gasteiger partial charge >= 0.3 is 0 Å². The molecule has 0 radical (unpaired) electrons. The van der Waals surface area contributed by atoms with Crippen molar-refractivity contribution in [2.45, 2.75) is 43.8 Å². The Morgan fingerprint density at radius 3 is 2.67 bits per heavy atom. The van der Waals surface area contributed by atoms with Crippen LogP contribution in [0.3, 0.4) is 0 Å². The third-order valence-corrected chi connectivity index (χ3v) is 7.41. The Morgan fingerprint density at radius 1 is 1.30 bits per heavy atom. The lowest BCUT2D eigenvalue weighted by Crippen LogP contribution is -2.25. The smallest absolute Gasteiger partial charge is 0.276 e. The number of carbonyl (C=O) groups excluding carboxylic acids is 1. The molecular weight excluding hydrogens is 388 g/mol. The second-order valence-electron chi connectivity index (χ2n) is 6.27. The van der Waals surface area contributed by atoms with E-state index in [9.17, 15) is 14.9 Å². The van der Waals surface area contributed by atoms with Crippen molar-refractivity contribution < 1.29 is 19.2 Å². The lowest BCUT2D eigenvalue weighted by Gasteiger charge is -2.11. The molecule has 1 aromatic rings. The fourth-order valence-electron chi connectivity index (χ4n) is 2.93. The maximum atomic E-state index is 12.0. The fourth-order valence-corrected chi connectivity index (χ4v) is 5.96. The van der Waals surface area contributed by atoms with Gasteiger partial charge in [-0.3, -0.25) is 14.9 Å². The summed E-state index contributed by atoms with van der Waals surface area (Å²) < 4.78 is 10.3. The normalized spacial score (nSPS) is 16.1. The van der Waals surface area contributed by atoms with Crippen LogP contribution in [0, 0.1) is 10.1 Å². The number of nitrogens with zero attached hydrogens (tertiary/aromatic N) is 1. The number of benzene rings is 1. The van der Waals surface area contributed by atoms with Crippen LogP contribution in [-0.4, -0.2) is 42.6 Å². The van der Waals surface area contributed by atoms with Crippen LogP contribution >= 0.6 is 21.6 Å². The number of nitrogens with one attached hydrogen (secondary N) is 1. The van der Waals surface area contributed by atoms with Crippen LogP contribution in [-0.2, 0) is 11.2 Å². The first-order chi connectivity index (χ1) is 13.0. The third-order valence-electron chi connectivity index (χ3n) is 4.41. The van der Waals surface area contributed by atoms with Gasteiger partial charge in [-0.05, 0) is 31.7 Å². The first kappa shape index (κ1) is 21.7. The van der Waals surface area contributed by atoms with Gasteiger partial charge in [0.1, 0.15) is 0 Å². The van der Waals surface area contributed by atoms with Gasteiger partial charge in [-0.2, -0.15) is 0 Å². The highest BCUT2D eigenvalue weighted by atomic mass is 33.1. The number of nitro groups is 1. The second kappa shape index (κ2) is 11.3. The monoisotopic (exact) mass is 414 g/mol. The van der Waals surface area contributed by atoms with Crippen molar-refractivity contribution in [2.24, 2.45) is 0 Å². The molecule has 1 N–H and O–H groups in total. The zero-order chi connectivity index (χ0) is 19.6. The van der Waals surface area contributed by atoms with Crippen LogP contribution in [0.5, 0.6) is 11.5 Å². The molecular formula is C18H26N2O5S2. The Kier molecular flexibility index (Phi) is 9.06. The van der Waals surface area contributed by atoms with Crippen LogP contribution in [0.15, 0.2) is 12.1 Å². The van der Waals surface area contributed by atoms with E-state index in [1.54, 1.807) is 6.07 Å². The highest BCUT2D eigenvalue weighted by Crippen LogP contribution is 2.40. The zero-order valence-corrected chi connectivity index (χ0v) is 17.3. The lowest BCUT2D eigenvalue weighted by atomic mass is 10.1. The van der Waals surface area contributed by atoms with Gasteiger partial charge in [0, 0.05) is 29.5 Å². The van der Waals surface area contributed by atoms with E-state index in [4.69, 9.17) is 9.47 Å². The third kappa shape index (κ3) is 6.80. The molecule has 1 amide bonds. The molecule has 1 aliphatic heterocycles. The fraction of sp³-hybridized carbons (Fsp3) is 0.611. The SMILES string of the molecule is COc1cc(CCNC(=O)CCCCC2CCSS2)c([N+](=O)[O-])cc1OC. The van der Waals surface area contributed by atoms with Crippen molar-refractivity contribution in [3.05, 3.63) is 27.8 Å². The molecule has 0 saturated carbocycles. The molecule has 0 bridgehead atoms. The average molecular weight is 415 g/mol. The van der Waals surface area contributed by atoms with E-state index in [2.05, 4.69) is 5.32 Å². The Hall–Kier alpha value is -1.61. The number of ether oxygens (including phenoxy) is 2. The van der Waals surface area contributed by atoms with Gasteiger partial charge in [-0.1, -0.05) is 28.0 Å². The molecule has 0 aromatic heterocycles. The summed E-state index contributed by atoms with van der Waals surface area (Å²) in [6.07, 6.45) is 5.24. The molecule has 0 spiro atoms. The van der Waals surface area contributed by atoms with Crippen molar-refractivity contribution in [2.75, 3.05) is 26.5 Å². The van der Waals surface area contributed by atoms with Gasteiger partial charge in [0.25, 0.3) is 5.69 Å². The van der Waals surface area contributed by atoms with Gasteiger partial charge in [0.15, 0.2) is 11.5 Å². The zero-order valence-electron chi connectivity index (χ0n) is 15.7. The summed E-state index contributed by atoms with van der Waals surface area (Å²) in [6.45, 7) is 0.351. The van der Waals surface area contributed by atoms with E-state index in [1.807, 2.05) is 21.6 Å². The largest absolute Gasteiger partial charge is 0.493 e. The number of hydrogen-bond donors (Lipinski definition) is 1. The van der Waals surface area contributed by atoms with Crippen molar-refractivity contribution >= 4 is 33.2 Å². The Labute approximate surface area is 167 Å². The van der Waals surface area contributed by atoms with E-state index in [0.717, 1.165) is 18.1 Å². The Balaban J connectivity index is 1.77. The number of unbranched alkanes of at least 4 members (excludes halogenated alkanes) is 1. The van der Waals surface area contributed by atoms with Crippen LogP contribution in [0.1, 0.15) is 37.7 Å². The number of nitro benzene ring substituents is 1. The summed E-state index contributed by atoms with van der Waals surface area (Å²) in [7, 11) is 6.82. The van der Waals surface area contributed by atoms with E-state index in [0.29, 0.717) is 36.4 Å². The topological polar surface area (TPSA) is 90.7 Å². The number of rotatable bonds is 11. The molecule has 150 valence electrons. The van der Waals surface area contributed by atoms with Gasteiger partial charge in [0.2, 0.25) is 5.91 Å². The quantitative estimate of drug-likeness (QED) is 0.253. The van der Waals surface area contributed by atoms with Crippen LogP contribution in [0.2, 0.25) is 0 Å². The van der Waals surface area contributed by atoms with Crippen molar-refractivity contribution in [1.29, 1.82) is 0 Å². The molecule has 1 aliphatic rings. The highest BCUT2D eigenvalue weighted by Gasteiger charge is 2.19. The maximum Gasteiger partial charge on any atom is 0.276 e. The summed E-state index contributed by atoms with van der Waals surface area (Å²) >= 11 is 0. The van der Waals surface area contributed by atoms with E-state index < -0.39 is 4.92 Å². The number of carbonyl (C=O) groups is 1. The molecule has 1 aromatic carbocycles. The van der Waals surface area contributed by atoms with Crippen LogP contribution in [0.25, 0.3) is 0 Å². The molecule has 1 heterocycles. The predicted octanol–water partition coefficient (Wildman–Crippen LogP) is 3.98. The maximum absolute atomic E-state index is 12.0. The lowest BCUT2D eigenvalue weighted by molar-refractivity contribution is -0.385. The van der Waals surface area contributed by atoms with Gasteiger partial charge in [-0.25, -0.2) is 0 Å². The summed E-state index contributed by atoms with van der Waals surface area (Å²) in [5, 5.41) is 14.9. The van der Waals surface area contributed by atoms with E-state index in [-0.39, 0.29) is 11.6 Å². The summed E-state index contributed by atoms with van der Waals surface area (Å²) in [5.74, 6) is 1.98. The minimum absolute atomic E-state index is 0.00780. The molecule has 0 aliphatic carbocycles. The molecule has 7 nitrogen and oxygen atoms in total. The number of hydrogen-bond acceptors (Lipinski definition) is 7. The first-order valence-electron chi connectivity index (χ1n) is 8.99. The van der Waals surface area contributed by atoms with Gasteiger partial charge in [-0.15, -0.1) is 0 Å². The Morgan fingerprint density at radius 2 is 2.04 bits per heavy atom. The minimum atomic E-state index is -0.446. The Bertz CT molecular complexity index is 651. The molecule has 1 unspecified atom stereocenters. The molecule has 1 saturated heterocycles. The van der Waals surface area contributed by atoms with Gasteiger partial charge < -0.3 is 14.8 Å². The second-order valence-corrected chi connectivity index (χ2v) is 9.06. The molecule has 2 rings (SSSR count). The standard InChI is InChI=1S/C18H26N2O5S2/c1-24-16-11-13(15(20(22)23)12-17(16)25-2)7-9-19-18(21)6-4-3-5-14-8-10-26-27-14/h11-12,14H,3-10H2,1-2H3,(H,19,21). The van der Waals surface area contributed by atoms with E-state index >= 15 is 0 Å². The van der Waals surface area contributed by atoms with Crippen molar-refractivity contribution in [3.63, 3.8) is 0 Å². The highest BCUT2D eigenvalue weighted by molar-refractivity contribution is 8.77.